The zero-order valence-electron chi connectivity index (χ0n) is 7.87. The minimum absolute atomic E-state index is 0.831. The number of rotatable bonds is 7. The van der Waals surface area contributed by atoms with Crippen molar-refractivity contribution >= 4 is 23.1 Å². The minimum Gasteiger partial charge on any atom is -0.330 e. The average molecular weight is 215 g/mol. The molecule has 0 unspecified atom stereocenters. The fraction of sp³-hybridized carbons (Fsp3) is 0.600. The van der Waals surface area contributed by atoms with E-state index in [1.54, 1.807) is 0 Å². The van der Waals surface area contributed by atoms with E-state index in [4.69, 9.17) is 5.73 Å². The Balaban J connectivity index is 1.90. The van der Waals surface area contributed by atoms with Crippen molar-refractivity contribution in [3.05, 3.63) is 22.4 Å². The van der Waals surface area contributed by atoms with Gasteiger partial charge in [-0.25, -0.2) is 0 Å². The van der Waals surface area contributed by atoms with E-state index in [9.17, 15) is 0 Å². The third-order valence-electron chi connectivity index (χ3n) is 1.78. The molecule has 0 aliphatic rings. The molecule has 1 heterocycles. The van der Waals surface area contributed by atoms with E-state index in [1.165, 1.54) is 29.2 Å². The SMILES string of the molecule is NCCCSCCCc1cccs1. The number of aryl methyl sites for hydroxylation is 1. The van der Waals surface area contributed by atoms with Gasteiger partial charge in [0.2, 0.25) is 0 Å². The second kappa shape index (κ2) is 7.42. The van der Waals surface area contributed by atoms with Crippen molar-refractivity contribution in [2.45, 2.75) is 19.3 Å². The van der Waals surface area contributed by atoms with Crippen molar-refractivity contribution < 1.29 is 0 Å². The molecule has 1 aromatic rings. The summed E-state index contributed by atoms with van der Waals surface area (Å²) in [4.78, 5) is 1.51. The second-order valence-corrected chi connectivity index (χ2v) is 5.19. The van der Waals surface area contributed by atoms with E-state index in [0.717, 1.165) is 13.0 Å². The largest absolute Gasteiger partial charge is 0.330 e. The van der Waals surface area contributed by atoms with E-state index in [-0.39, 0.29) is 0 Å². The van der Waals surface area contributed by atoms with E-state index in [1.807, 2.05) is 23.1 Å². The third-order valence-corrected chi connectivity index (χ3v) is 3.88. The standard InChI is InChI=1S/C10H17NS2/c11-6-3-8-12-7-1-4-10-5-2-9-13-10/h2,5,9H,1,3-4,6-8,11H2. The maximum absolute atomic E-state index is 5.41. The molecular weight excluding hydrogens is 198 g/mol. The Hall–Kier alpha value is 0.01000. The Morgan fingerprint density at radius 2 is 2.15 bits per heavy atom. The van der Waals surface area contributed by atoms with Crippen molar-refractivity contribution in [2.24, 2.45) is 5.73 Å². The summed E-state index contributed by atoms with van der Waals surface area (Å²) >= 11 is 3.89. The summed E-state index contributed by atoms with van der Waals surface area (Å²) in [6.45, 7) is 0.831. The van der Waals surface area contributed by atoms with Crippen molar-refractivity contribution in [3.63, 3.8) is 0 Å². The van der Waals surface area contributed by atoms with Crippen molar-refractivity contribution in [3.8, 4) is 0 Å². The molecule has 1 nitrogen and oxygen atoms in total. The first-order valence-electron chi connectivity index (χ1n) is 4.73. The van der Waals surface area contributed by atoms with Gasteiger partial charge in [0.25, 0.3) is 0 Å². The molecule has 0 aliphatic carbocycles. The monoisotopic (exact) mass is 215 g/mol. The first-order chi connectivity index (χ1) is 6.43. The molecule has 0 aliphatic heterocycles. The van der Waals surface area contributed by atoms with Crippen LogP contribution < -0.4 is 5.73 Å². The maximum Gasteiger partial charge on any atom is 0.00455 e. The van der Waals surface area contributed by atoms with Crippen molar-refractivity contribution in [1.82, 2.24) is 0 Å². The van der Waals surface area contributed by atoms with Gasteiger partial charge in [-0.05, 0) is 48.8 Å². The molecule has 0 radical (unpaired) electrons. The van der Waals surface area contributed by atoms with Gasteiger partial charge in [0, 0.05) is 4.88 Å². The lowest BCUT2D eigenvalue weighted by atomic mass is 10.3. The normalized spacial score (nSPS) is 10.5. The van der Waals surface area contributed by atoms with Gasteiger partial charge in [0.05, 0.1) is 0 Å². The molecule has 0 aromatic carbocycles. The third kappa shape index (κ3) is 5.34. The quantitative estimate of drug-likeness (QED) is 0.708. The van der Waals surface area contributed by atoms with Gasteiger partial charge in [-0.2, -0.15) is 11.8 Å². The number of nitrogens with two attached hydrogens (primary N) is 1. The Morgan fingerprint density at radius 3 is 2.85 bits per heavy atom. The maximum atomic E-state index is 5.41. The number of hydrogen-bond donors (Lipinski definition) is 1. The smallest absolute Gasteiger partial charge is 0.00455 e. The lowest BCUT2D eigenvalue weighted by Crippen LogP contribution is -1.99. The van der Waals surface area contributed by atoms with Gasteiger partial charge >= 0.3 is 0 Å². The molecule has 0 fully saturated rings. The highest BCUT2D eigenvalue weighted by molar-refractivity contribution is 7.99. The first-order valence-corrected chi connectivity index (χ1v) is 6.77. The number of thiophene rings is 1. The second-order valence-electron chi connectivity index (χ2n) is 2.94. The van der Waals surface area contributed by atoms with Crippen LogP contribution in [0.1, 0.15) is 17.7 Å². The highest BCUT2D eigenvalue weighted by Crippen LogP contribution is 2.13. The van der Waals surface area contributed by atoms with E-state index in [2.05, 4.69) is 17.5 Å². The van der Waals surface area contributed by atoms with E-state index >= 15 is 0 Å². The number of hydrogen-bond acceptors (Lipinski definition) is 3. The molecule has 0 amide bonds. The Bertz CT molecular complexity index is 197. The van der Waals surface area contributed by atoms with Gasteiger partial charge < -0.3 is 5.73 Å². The van der Waals surface area contributed by atoms with Crippen LogP contribution in [0.5, 0.6) is 0 Å². The van der Waals surface area contributed by atoms with Crippen LogP contribution in [-0.2, 0) is 6.42 Å². The van der Waals surface area contributed by atoms with E-state index < -0.39 is 0 Å². The molecule has 1 aromatic heterocycles. The summed E-state index contributed by atoms with van der Waals surface area (Å²) in [5.41, 5.74) is 5.41. The van der Waals surface area contributed by atoms with Gasteiger partial charge in [-0.15, -0.1) is 11.3 Å². The van der Waals surface area contributed by atoms with Gasteiger partial charge in [-0.1, -0.05) is 6.07 Å². The summed E-state index contributed by atoms with van der Waals surface area (Å²) in [6, 6.07) is 4.34. The zero-order chi connectivity index (χ0) is 9.36. The molecule has 0 bridgehead atoms. The molecule has 74 valence electrons. The molecule has 13 heavy (non-hydrogen) atoms. The zero-order valence-corrected chi connectivity index (χ0v) is 9.50. The van der Waals surface area contributed by atoms with Crippen LogP contribution in [0.4, 0.5) is 0 Å². The molecule has 0 saturated heterocycles. The predicted molar refractivity (Wildman–Crippen MR) is 63.6 cm³/mol. The van der Waals surface area contributed by atoms with Crippen LogP contribution in [0.15, 0.2) is 17.5 Å². The van der Waals surface area contributed by atoms with Gasteiger partial charge in [0.1, 0.15) is 0 Å². The van der Waals surface area contributed by atoms with Gasteiger partial charge in [0.15, 0.2) is 0 Å². The lowest BCUT2D eigenvalue weighted by molar-refractivity contribution is 0.928. The van der Waals surface area contributed by atoms with Crippen LogP contribution in [0.2, 0.25) is 0 Å². The summed E-state index contributed by atoms with van der Waals surface area (Å²) in [6.07, 6.45) is 3.70. The minimum atomic E-state index is 0.831. The molecule has 0 saturated carbocycles. The summed E-state index contributed by atoms with van der Waals surface area (Å²) in [5.74, 6) is 2.50. The molecule has 0 spiro atoms. The fourth-order valence-corrected chi connectivity index (χ4v) is 2.77. The fourth-order valence-electron chi connectivity index (χ4n) is 1.09. The molecular formula is C10H17NS2. The van der Waals surface area contributed by atoms with Crippen LogP contribution in [-0.4, -0.2) is 18.1 Å². The Kier molecular flexibility index (Phi) is 6.33. The highest BCUT2D eigenvalue weighted by atomic mass is 32.2. The summed E-state index contributed by atoms with van der Waals surface area (Å²) < 4.78 is 0. The average Bonchev–Trinajstić information content (AvgIpc) is 2.63. The van der Waals surface area contributed by atoms with Gasteiger partial charge in [-0.3, -0.25) is 0 Å². The number of thioether (sulfide) groups is 1. The first kappa shape index (κ1) is 11.1. The van der Waals surface area contributed by atoms with Crippen LogP contribution in [0.3, 0.4) is 0 Å². The predicted octanol–water partition coefficient (Wildman–Crippen LogP) is 2.76. The van der Waals surface area contributed by atoms with Crippen molar-refractivity contribution in [2.75, 3.05) is 18.1 Å². The molecule has 1 rings (SSSR count). The van der Waals surface area contributed by atoms with Crippen LogP contribution in [0, 0.1) is 0 Å². The van der Waals surface area contributed by atoms with Crippen LogP contribution in [0.25, 0.3) is 0 Å². The highest BCUT2D eigenvalue weighted by Gasteiger charge is 1.93. The summed E-state index contributed by atoms with van der Waals surface area (Å²) in [5, 5.41) is 2.15. The molecule has 2 N–H and O–H groups in total. The Morgan fingerprint density at radius 1 is 1.31 bits per heavy atom. The molecule has 3 heteroatoms. The van der Waals surface area contributed by atoms with Crippen LogP contribution >= 0.6 is 23.1 Å². The lowest BCUT2D eigenvalue weighted by Gasteiger charge is -1.99. The van der Waals surface area contributed by atoms with Crippen molar-refractivity contribution in [1.29, 1.82) is 0 Å². The summed E-state index contributed by atoms with van der Waals surface area (Å²) in [7, 11) is 0. The Labute approximate surface area is 88.7 Å². The molecule has 0 atom stereocenters. The van der Waals surface area contributed by atoms with E-state index in [0.29, 0.717) is 0 Å². The topological polar surface area (TPSA) is 26.0 Å².